The molecule has 0 aliphatic carbocycles. The summed E-state index contributed by atoms with van der Waals surface area (Å²) in [6, 6.07) is 6.59. The lowest BCUT2D eigenvalue weighted by molar-refractivity contribution is 0.0995. The molecular weight excluding hydrogens is 399 g/mol. The van der Waals surface area contributed by atoms with Crippen LogP contribution in [0.4, 0.5) is 10.2 Å². The maximum absolute atomic E-state index is 14.5. The van der Waals surface area contributed by atoms with Crippen molar-refractivity contribution in [1.29, 1.82) is 0 Å². The number of ether oxygens (including phenoxy) is 1. The van der Waals surface area contributed by atoms with Crippen molar-refractivity contribution in [3.8, 4) is 17.0 Å². The molecule has 0 bridgehead atoms. The third kappa shape index (κ3) is 3.24. The Bertz CT molecular complexity index is 1330. The third-order valence-electron chi connectivity index (χ3n) is 5.47. The molecule has 1 amide bonds. The van der Waals surface area contributed by atoms with Gasteiger partial charge in [-0.15, -0.1) is 0 Å². The number of aryl methyl sites for hydroxylation is 1. The predicted octanol–water partition coefficient (Wildman–Crippen LogP) is 2.82. The number of aromatic nitrogens is 4. The van der Waals surface area contributed by atoms with E-state index in [9.17, 15) is 9.18 Å². The van der Waals surface area contributed by atoms with E-state index < -0.39 is 5.91 Å². The van der Waals surface area contributed by atoms with E-state index in [-0.39, 0.29) is 18.1 Å². The molecule has 9 heteroatoms. The minimum atomic E-state index is -0.597. The van der Waals surface area contributed by atoms with Gasteiger partial charge in [0.25, 0.3) is 5.91 Å². The van der Waals surface area contributed by atoms with Crippen LogP contribution in [0.3, 0.4) is 0 Å². The van der Waals surface area contributed by atoms with Crippen molar-refractivity contribution in [3.05, 3.63) is 65.5 Å². The van der Waals surface area contributed by atoms with Crippen LogP contribution < -0.4 is 15.8 Å². The molecule has 156 valence electrons. The maximum Gasteiger partial charge on any atom is 0.269 e. The normalized spacial score (nSPS) is 12.6. The molecule has 5 rings (SSSR count). The lowest BCUT2D eigenvalue weighted by atomic mass is 10.0. The molecule has 3 N–H and O–H groups in total. The summed E-state index contributed by atoms with van der Waals surface area (Å²) in [7, 11) is 1.74. The molecule has 1 aliphatic heterocycles. The first-order chi connectivity index (χ1) is 15.0. The van der Waals surface area contributed by atoms with Crippen LogP contribution in [0.2, 0.25) is 0 Å². The number of nitrogens with two attached hydrogens (primary N) is 1. The molecule has 1 aromatic carbocycles. The Labute approximate surface area is 176 Å². The summed E-state index contributed by atoms with van der Waals surface area (Å²) in [4.78, 5) is 20.3. The summed E-state index contributed by atoms with van der Waals surface area (Å²) >= 11 is 0. The number of nitrogens with one attached hydrogen (secondary N) is 1. The number of nitrogens with zero attached hydrogens (tertiary/aromatic N) is 4. The van der Waals surface area contributed by atoms with Crippen molar-refractivity contribution in [3.63, 3.8) is 0 Å². The molecule has 3 aromatic heterocycles. The van der Waals surface area contributed by atoms with Gasteiger partial charge in [-0.2, -0.15) is 5.10 Å². The highest BCUT2D eigenvalue weighted by Crippen LogP contribution is 2.33. The van der Waals surface area contributed by atoms with Crippen LogP contribution in [0, 0.1) is 5.82 Å². The van der Waals surface area contributed by atoms with Crippen LogP contribution in [-0.4, -0.2) is 32.3 Å². The Kier molecular flexibility index (Phi) is 4.50. The van der Waals surface area contributed by atoms with Crippen LogP contribution in [0.25, 0.3) is 22.0 Å². The van der Waals surface area contributed by atoms with Crippen LogP contribution in [0.5, 0.6) is 5.75 Å². The smallest absolute Gasteiger partial charge is 0.269 e. The molecule has 1 aliphatic rings. The number of benzene rings is 1. The summed E-state index contributed by atoms with van der Waals surface area (Å²) in [6.07, 6.45) is 5.76. The molecule has 0 unspecified atom stereocenters. The highest BCUT2D eigenvalue weighted by molar-refractivity contribution is 6.01. The zero-order chi connectivity index (χ0) is 21.5. The van der Waals surface area contributed by atoms with E-state index in [4.69, 9.17) is 10.5 Å². The van der Waals surface area contributed by atoms with Gasteiger partial charge >= 0.3 is 0 Å². The van der Waals surface area contributed by atoms with Gasteiger partial charge in [0.05, 0.1) is 12.3 Å². The molecular formula is C22H19FN6O2. The zero-order valence-electron chi connectivity index (χ0n) is 16.7. The molecule has 0 saturated carbocycles. The van der Waals surface area contributed by atoms with E-state index in [1.165, 1.54) is 6.07 Å². The molecule has 4 heterocycles. The molecule has 0 spiro atoms. The average molecular weight is 418 g/mol. The van der Waals surface area contributed by atoms with Crippen LogP contribution in [0.15, 0.2) is 42.9 Å². The summed E-state index contributed by atoms with van der Waals surface area (Å²) < 4.78 is 21.6. The van der Waals surface area contributed by atoms with Gasteiger partial charge in [-0.25, -0.2) is 9.37 Å². The number of pyridine rings is 2. The first kappa shape index (κ1) is 19.0. The van der Waals surface area contributed by atoms with Crippen LogP contribution >= 0.6 is 0 Å². The Morgan fingerprint density at radius 1 is 1.29 bits per heavy atom. The van der Waals surface area contributed by atoms with Gasteiger partial charge in [0.15, 0.2) is 5.69 Å². The maximum atomic E-state index is 14.5. The Morgan fingerprint density at radius 2 is 2.16 bits per heavy atom. The number of hydrogen-bond donors (Lipinski definition) is 2. The number of rotatable bonds is 5. The highest BCUT2D eigenvalue weighted by atomic mass is 19.1. The molecule has 0 radical (unpaired) electrons. The largest absolute Gasteiger partial charge is 0.493 e. The first-order valence-corrected chi connectivity index (χ1v) is 9.77. The Balaban J connectivity index is 1.53. The second-order valence-corrected chi connectivity index (χ2v) is 7.30. The number of primary amides is 1. The van der Waals surface area contributed by atoms with E-state index in [2.05, 4.69) is 20.4 Å². The standard InChI is InChI=1S/C22H19FN6O2/c1-29-19(8-18(28-29)21(24)30)15-11-27-22(16-9-25-6-4-12(15)16)26-10-14-13-5-7-31-20(13)3-2-17(14)23/h2-4,6,8-9,11H,5,7,10H2,1H3,(H2,24,30)(H,26,27). The minimum absolute atomic E-state index is 0.178. The van der Waals surface area contributed by atoms with Crippen LogP contribution in [0.1, 0.15) is 21.6 Å². The summed E-state index contributed by atoms with van der Waals surface area (Å²) in [5, 5.41) is 9.05. The van der Waals surface area contributed by atoms with Crippen molar-refractivity contribution in [1.82, 2.24) is 19.7 Å². The number of fused-ring (bicyclic) bond motifs is 2. The minimum Gasteiger partial charge on any atom is -0.493 e. The molecule has 0 atom stereocenters. The lowest BCUT2D eigenvalue weighted by Gasteiger charge is -2.14. The highest BCUT2D eigenvalue weighted by Gasteiger charge is 2.20. The zero-order valence-corrected chi connectivity index (χ0v) is 16.7. The van der Waals surface area contributed by atoms with Crippen molar-refractivity contribution in [2.45, 2.75) is 13.0 Å². The number of amides is 1. The number of hydrogen-bond acceptors (Lipinski definition) is 6. The quantitative estimate of drug-likeness (QED) is 0.516. The van der Waals surface area contributed by atoms with Gasteiger partial charge in [0.2, 0.25) is 0 Å². The molecule has 31 heavy (non-hydrogen) atoms. The van der Waals surface area contributed by atoms with E-state index in [0.29, 0.717) is 30.1 Å². The van der Waals surface area contributed by atoms with E-state index >= 15 is 0 Å². The van der Waals surface area contributed by atoms with E-state index in [1.54, 1.807) is 42.5 Å². The summed E-state index contributed by atoms with van der Waals surface area (Å²) in [6.45, 7) is 0.829. The first-order valence-electron chi connectivity index (χ1n) is 9.77. The Morgan fingerprint density at radius 3 is 2.97 bits per heavy atom. The van der Waals surface area contributed by atoms with Gasteiger partial charge in [0, 0.05) is 60.7 Å². The average Bonchev–Trinajstić information content (AvgIpc) is 3.40. The van der Waals surface area contributed by atoms with Crippen molar-refractivity contribution < 1.29 is 13.9 Å². The summed E-state index contributed by atoms with van der Waals surface area (Å²) in [5.74, 6) is 0.444. The topological polar surface area (TPSA) is 108 Å². The van der Waals surface area contributed by atoms with Crippen molar-refractivity contribution >= 4 is 22.5 Å². The fourth-order valence-corrected chi connectivity index (χ4v) is 3.95. The van der Waals surface area contributed by atoms with Gasteiger partial charge in [-0.1, -0.05) is 0 Å². The summed E-state index contributed by atoms with van der Waals surface area (Å²) in [5.41, 5.74) is 8.50. The third-order valence-corrected chi connectivity index (χ3v) is 5.47. The second kappa shape index (κ2) is 7.35. The van der Waals surface area contributed by atoms with E-state index in [0.717, 1.165) is 27.6 Å². The molecule has 4 aromatic rings. The van der Waals surface area contributed by atoms with E-state index in [1.807, 2.05) is 6.07 Å². The van der Waals surface area contributed by atoms with Crippen molar-refractivity contribution in [2.24, 2.45) is 12.8 Å². The van der Waals surface area contributed by atoms with Crippen LogP contribution in [-0.2, 0) is 20.0 Å². The monoisotopic (exact) mass is 418 g/mol. The number of carbonyl (C=O) groups is 1. The molecule has 8 nitrogen and oxygen atoms in total. The number of anilines is 1. The second-order valence-electron chi connectivity index (χ2n) is 7.30. The van der Waals surface area contributed by atoms with Crippen molar-refractivity contribution in [2.75, 3.05) is 11.9 Å². The Hall–Kier alpha value is -4.01. The molecule has 0 fully saturated rings. The predicted molar refractivity (Wildman–Crippen MR) is 113 cm³/mol. The fraction of sp³-hybridized carbons (Fsp3) is 0.182. The SMILES string of the molecule is Cn1nc(C(N)=O)cc1-c1cnc(NCc2c(F)ccc3c2CCO3)c2cnccc12. The van der Waals surface area contributed by atoms with Gasteiger partial charge in [-0.05, 0) is 29.7 Å². The lowest BCUT2D eigenvalue weighted by Crippen LogP contribution is -2.11. The number of halogens is 1. The fourth-order valence-electron chi connectivity index (χ4n) is 3.95. The van der Waals surface area contributed by atoms with Gasteiger partial charge < -0.3 is 15.8 Å². The van der Waals surface area contributed by atoms with Gasteiger partial charge in [0.1, 0.15) is 17.4 Å². The number of carbonyl (C=O) groups excluding carboxylic acids is 1. The molecule has 0 saturated heterocycles. The van der Waals surface area contributed by atoms with Gasteiger partial charge in [-0.3, -0.25) is 14.5 Å².